The van der Waals surface area contributed by atoms with Crippen molar-refractivity contribution in [3.63, 3.8) is 0 Å². The van der Waals surface area contributed by atoms with E-state index in [1.165, 1.54) is 0 Å². The number of nitrogens with zero attached hydrogens (tertiary/aromatic N) is 1. The zero-order valence-corrected chi connectivity index (χ0v) is 12.9. The minimum Gasteiger partial charge on any atom is -0.466 e. The molecule has 7 heteroatoms. The number of nitrogens with one attached hydrogen (secondary N) is 1. The number of esters is 1. The monoisotopic (exact) mass is 317 g/mol. The fourth-order valence-corrected chi connectivity index (χ4v) is 1.89. The van der Waals surface area contributed by atoms with Gasteiger partial charge in [0.05, 0.1) is 24.7 Å². The van der Waals surface area contributed by atoms with Gasteiger partial charge in [-0.15, -0.1) is 0 Å². The number of benzene rings is 1. The van der Waals surface area contributed by atoms with Crippen LogP contribution in [0.4, 0.5) is 0 Å². The SMILES string of the molecule is CCOC(=O)CCC(=O)N[C@@H](Cc1ccc(C#N)cc1)C(N)=O. The normalized spacial score (nSPS) is 11.1. The van der Waals surface area contributed by atoms with Crippen LogP contribution in [0, 0.1) is 11.3 Å². The van der Waals surface area contributed by atoms with Crippen LogP contribution in [-0.2, 0) is 25.5 Å². The molecule has 3 N–H and O–H groups in total. The molecule has 122 valence electrons. The van der Waals surface area contributed by atoms with E-state index in [0.29, 0.717) is 5.56 Å². The van der Waals surface area contributed by atoms with Crippen LogP contribution in [0.5, 0.6) is 0 Å². The first-order valence-corrected chi connectivity index (χ1v) is 7.19. The second-order valence-electron chi connectivity index (χ2n) is 4.84. The minimum atomic E-state index is -0.877. The van der Waals surface area contributed by atoms with Crippen molar-refractivity contribution in [2.24, 2.45) is 5.73 Å². The van der Waals surface area contributed by atoms with Crippen LogP contribution in [0.25, 0.3) is 0 Å². The largest absolute Gasteiger partial charge is 0.466 e. The molecule has 23 heavy (non-hydrogen) atoms. The lowest BCUT2D eigenvalue weighted by Crippen LogP contribution is -2.45. The highest BCUT2D eigenvalue weighted by Gasteiger charge is 2.19. The maximum atomic E-state index is 11.8. The van der Waals surface area contributed by atoms with Crippen LogP contribution in [0.2, 0.25) is 0 Å². The number of nitriles is 1. The van der Waals surface area contributed by atoms with Gasteiger partial charge < -0.3 is 15.8 Å². The topological polar surface area (TPSA) is 122 Å². The first-order valence-electron chi connectivity index (χ1n) is 7.19. The lowest BCUT2D eigenvalue weighted by molar-refractivity contribution is -0.144. The fraction of sp³-hybridized carbons (Fsp3) is 0.375. The lowest BCUT2D eigenvalue weighted by Gasteiger charge is -2.15. The number of amides is 2. The zero-order valence-electron chi connectivity index (χ0n) is 12.9. The van der Waals surface area contributed by atoms with E-state index in [4.69, 9.17) is 15.7 Å². The molecule has 0 aliphatic rings. The zero-order chi connectivity index (χ0) is 17.2. The molecule has 0 unspecified atom stereocenters. The molecule has 7 nitrogen and oxygen atoms in total. The lowest BCUT2D eigenvalue weighted by atomic mass is 10.0. The molecule has 0 aliphatic carbocycles. The third-order valence-corrected chi connectivity index (χ3v) is 3.06. The summed E-state index contributed by atoms with van der Waals surface area (Å²) in [4.78, 5) is 34.5. The molecule has 0 fully saturated rings. The maximum Gasteiger partial charge on any atom is 0.306 e. The molecule has 0 aliphatic heterocycles. The molecular weight excluding hydrogens is 298 g/mol. The van der Waals surface area contributed by atoms with Crippen molar-refractivity contribution in [3.8, 4) is 6.07 Å². The first kappa shape index (κ1) is 18.2. The molecule has 0 aromatic heterocycles. The molecule has 1 atom stereocenters. The number of ether oxygens (including phenoxy) is 1. The van der Waals surface area contributed by atoms with Crippen molar-refractivity contribution >= 4 is 17.8 Å². The van der Waals surface area contributed by atoms with E-state index in [1.54, 1.807) is 31.2 Å². The molecule has 0 heterocycles. The highest BCUT2D eigenvalue weighted by Crippen LogP contribution is 2.07. The van der Waals surface area contributed by atoms with Gasteiger partial charge in [-0.1, -0.05) is 12.1 Å². The van der Waals surface area contributed by atoms with Gasteiger partial charge in [0, 0.05) is 12.8 Å². The second-order valence-corrected chi connectivity index (χ2v) is 4.84. The predicted molar refractivity (Wildman–Crippen MR) is 81.9 cm³/mol. The van der Waals surface area contributed by atoms with E-state index < -0.39 is 23.8 Å². The van der Waals surface area contributed by atoms with Gasteiger partial charge in [0.2, 0.25) is 11.8 Å². The van der Waals surface area contributed by atoms with E-state index in [9.17, 15) is 14.4 Å². The summed E-state index contributed by atoms with van der Waals surface area (Å²) < 4.78 is 4.73. The van der Waals surface area contributed by atoms with Crippen molar-refractivity contribution in [2.75, 3.05) is 6.61 Å². The summed E-state index contributed by atoms with van der Waals surface area (Å²) in [5.41, 5.74) is 6.56. The molecule has 1 rings (SSSR count). The Morgan fingerprint density at radius 2 is 1.91 bits per heavy atom. The van der Waals surface area contributed by atoms with Crippen LogP contribution in [-0.4, -0.2) is 30.4 Å². The smallest absolute Gasteiger partial charge is 0.306 e. The van der Waals surface area contributed by atoms with E-state index >= 15 is 0 Å². The summed E-state index contributed by atoms with van der Waals surface area (Å²) in [6.45, 7) is 1.93. The van der Waals surface area contributed by atoms with Crippen molar-refractivity contribution in [3.05, 3.63) is 35.4 Å². The standard InChI is InChI=1S/C16H19N3O4/c1-2-23-15(21)8-7-14(20)19-13(16(18)22)9-11-3-5-12(10-17)6-4-11/h3-6,13H,2,7-9H2,1H3,(H2,18,22)(H,19,20)/t13-/m0/s1. The molecule has 2 amide bonds. The first-order chi connectivity index (χ1) is 11.0. The average Bonchev–Trinajstić information content (AvgIpc) is 2.53. The molecule has 0 saturated heterocycles. The third kappa shape index (κ3) is 6.61. The molecule has 1 aromatic rings. The molecule has 0 saturated carbocycles. The Kier molecular flexibility index (Phi) is 7.27. The van der Waals surface area contributed by atoms with Gasteiger partial charge in [-0.3, -0.25) is 14.4 Å². The van der Waals surface area contributed by atoms with Gasteiger partial charge >= 0.3 is 5.97 Å². The number of primary amides is 1. The van der Waals surface area contributed by atoms with Crippen molar-refractivity contribution in [1.82, 2.24) is 5.32 Å². The number of carbonyl (C=O) groups is 3. The van der Waals surface area contributed by atoms with E-state index in [1.807, 2.05) is 6.07 Å². The Morgan fingerprint density at radius 3 is 2.43 bits per heavy atom. The Hall–Kier alpha value is -2.88. The molecule has 0 spiro atoms. The number of carbonyl (C=O) groups excluding carboxylic acids is 3. The summed E-state index contributed by atoms with van der Waals surface area (Å²) in [5.74, 6) is -1.58. The van der Waals surface area contributed by atoms with E-state index in [2.05, 4.69) is 5.32 Å². The fourth-order valence-electron chi connectivity index (χ4n) is 1.89. The minimum absolute atomic E-state index is 0.0535. The molecule has 1 aromatic carbocycles. The van der Waals surface area contributed by atoms with Crippen molar-refractivity contribution in [2.45, 2.75) is 32.2 Å². The number of hydrogen-bond acceptors (Lipinski definition) is 5. The number of hydrogen-bond donors (Lipinski definition) is 2. The average molecular weight is 317 g/mol. The quantitative estimate of drug-likeness (QED) is 0.672. The second kappa shape index (κ2) is 9.20. The van der Waals surface area contributed by atoms with Crippen LogP contribution in [0.15, 0.2) is 24.3 Å². The molecule has 0 bridgehead atoms. The Bertz CT molecular complexity index is 605. The third-order valence-electron chi connectivity index (χ3n) is 3.06. The van der Waals surface area contributed by atoms with Gasteiger partial charge in [-0.2, -0.15) is 5.26 Å². The Balaban J connectivity index is 2.57. The molecular formula is C16H19N3O4. The summed E-state index contributed by atoms with van der Waals surface area (Å²) >= 11 is 0. The summed E-state index contributed by atoms with van der Waals surface area (Å²) in [6.07, 6.45) is 0.0875. The Labute approximate surface area is 134 Å². The van der Waals surface area contributed by atoms with Gasteiger partial charge in [0.15, 0.2) is 0 Å². The summed E-state index contributed by atoms with van der Waals surface area (Å²) in [6, 6.07) is 7.75. The highest BCUT2D eigenvalue weighted by atomic mass is 16.5. The molecule has 0 radical (unpaired) electrons. The van der Waals surface area contributed by atoms with E-state index in [-0.39, 0.29) is 25.9 Å². The number of nitrogens with two attached hydrogens (primary N) is 1. The highest BCUT2D eigenvalue weighted by molar-refractivity contribution is 5.88. The van der Waals surface area contributed by atoms with Crippen LogP contribution >= 0.6 is 0 Å². The number of rotatable bonds is 8. The van der Waals surface area contributed by atoms with Crippen molar-refractivity contribution < 1.29 is 19.1 Å². The van der Waals surface area contributed by atoms with Gasteiger partial charge in [0.25, 0.3) is 0 Å². The predicted octanol–water partition coefficient (Wildman–Crippen LogP) is 0.414. The van der Waals surface area contributed by atoms with Gasteiger partial charge in [-0.05, 0) is 24.6 Å². The maximum absolute atomic E-state index is 11.8. The van der Waals surface area contributed by atoms with Crippen LogP contribution < -0.4 is 11.1 Å². The van der Waals surface area contributed by atoms with Gasteiger partial charge in [-0.25, -0.2) is 0 Å². The van der Waals surface area contributed by atoms with Crippen molar-refractivity contribution in [1.29, 1.82) is 5.26 Å². The summed E-state index contributed by atoms with van der Waals surface area (Å²) in [5, 5.41) is 11.2. The van der Waals surface area contributed by atoms with E-state index in [0.717, 1.165) is 5.56 Å². The van der Waals surface area contributed by atoms with Gasteiger partial charge in [0.1, 0.15) is 6.04 Å². The van der Waals surface area contributed by atoms with Crippen LogP contribution in [0.1, 0.15) is 30.9 Å². The summed E-state index contributed by atoms with van der Waals surface area (Å²) in [7, 11) is 0. The Morgan fingerprint density at radius 1 is 1.26 bits per heavy atom. The van der Waals surface area contributed by atoms with Crippen LogP contribution in [0.3, 0.4) is 0 Å².